The molecule has 2 amide bonds. The number of piperidine rings is 1. The Bertz CT molecular complexity index is 659. The number of hydrogen-bond donors (Lipinski definition) is 3. The second-order valence-electron chi connectivity index (χ2n) is 6.93. The Morgan fingerprint density at radius 1 is 1.22 bits per heavy atom. The molecule has 0 aromatic heterocycles. The SMILES string of the molecule is Cl.NN=Cc1ccc(CNC(=O)[C@@H]2CCCN2C(=O)[C@H]2CCCCN2)cc1. The third kappa shape index (κ3) is 5.43. The van der Waals surface area contributed by atoms with Crippen LogP contribution in [-0.2, 0) is 16.1 Å². The fraction of sp³-hybridized carbons (Fsp3) is 0.526. The molecule has 2 heterocycles. The van der Waals surface area contributed by atoms with Crippen LogP contribution in [-0.4, -0.2) is 48.1 Å². The Kier molecular flexibility index (Phi) is 8.06. The van der Waals surface area contributed by atoms with Crippen molar-refractivity contribution in [3.8, 4) is 0 Å². The second-order valence-corrected chi connectivity index (χ2v) is 6.93. The van der Waals surface area contributed by atoms with Crippen LogP contribution in [0.4, 0.5) is 0 Å². The van der Waals surface area contributed by atoms with E-state index >= 15 is 0 Å². The number of benzene rings is 1. The Morgan fingerprint density at radius 3 is 2.67 bits per heavy atom. The summed E-state index contributed by atoms with van der Waals surface area (Å²) >= 11 is 0. The van der Waals surface area contributed by atoms with E-state index in [-0.39, 0.29) is 36.3 Å². The number of carbonyl (C=O) groups is 2. The number of hydrazone groups is 1. The molecule has 0 saturated carbocycles. The van der Waals surface area contributed by atoms with E-state index in [4.69, 9.17) is 5.84 Å². The summed E-state index contributed by atoms with van der Waals surface area (Å²) in [4.78, 5) is 27.1. The van der Waals surface area contributed by atoms with Crippen molar-refractivity contribution < 1.29 is 9.59 Å². The quantitative estimate of drug-likeness (QED) is 0.397. The monoisotopic (exact) mass is 393 g/mol. The highest BCUT2D eigenvalue weighted by atomic mass is 35.5. The van der Waals surface area contributed by atoms with Crippen molar-refractivity contribution in [2.45, 2.75) is 50.7 Å². The zero-order chi connectivity index (χ0) is 18.4. The van der Waals surface area contributed by atoms with Crippen molar-refractivity contribution in [1.29, 1.82) is 0 Å². The third-order valence-corrected chi connectivity index (χ3v) is 5.12. The molecule has 2 saturated heterocycles. The first-order chi connectivity index (χ1) is 12.7. The zero-order valence-corrected chi connectivity index (χ0v) is 16.2. The van der Waals surface area contributed by atoms with E-state index in [1.807, 2.05) is 24.3 Å². The molecule has 27 heavy (non-hydrogen) atoms. The fourth-order valence-electron chi connectivity index (χ4n) is 3.68. The molecule has 1 aromatic rings. The van der Waals surface area contributed by atoms with Gasteiger partial charge in [0.05, 0.1) is 12.3 Å². The van der Waals surface area contributed by atoms with Gasteiger partial charge in [-0.2, -0.15) is 5.10 Å². The number of nitrogens with zero attached hydrogens (tertiary/aromatic N) is 2. The maximum atomic E-state index is 12.7. The normalized spacial score (nSPS) is 22.4. The number of likely N-dealkylation sites (tertiary alicyclic amines) is 1. The standard InChI is InChI=1S/C19H27N5O2.ClH/c20-23-13-15-8-6-14(7-9-15)12-22-18(25)17-5-3-11-24(17)19(26)16-4-1-2-10-21-16;/h6-9,13,16-17,21H,1-5,10-12,20H2,(H,22,25);1H/t16-,17+;/m1./s1. The van der Waals surface area contributed by atoms with Gasteiger partial charge in [-0.05, 0) is 43.4 Å². The summed E-state index contributed by atoms with van der Waals surface area (Å²) in [5, 5.41) is 9.74. The maximum Gasteiger partial charge on any atom is 0.243 e. The van der Waals surface area contributed by atoms with Crippen molar-refractivity contribution in [3.63, 3.8) is 0 Å². The summed E-state index contributed by atoms with van der Waals surface area (Å²) in [6.45, 7) is 1.99. The van der Waals surface area contributed by atoms with Crippen LogP contribution >= 0.6 is 12.4 Å². The molecule has 1 aromatic carbocycles. The predicted molar refractivity (Wildman–Crippen MR) is 108 cm³/mol. The van der Waals surface area contributed by atoms with Crippen LogP contribution in [0, 0.1) is 0 Å². The van der Waals surface area contributed by atoms with Gasteiger partial charge in [-0.3, -0.25) is 9.59 Å². The van der Waals surface area contributed by atoms with Gasteiger partial charge in [0.25, 0.3) is 0 Å². The maximum absolute atomic E-state index is 12.7. The molecule has 0 bridgehead atoms. The highest BCUT2D eigenvalue weighted by molar-refractivity contribution is 5.90. The van der Waals surface area contributed by atoms with Crippen LogP contribution < -0.4 is 16.5 Å². The Morgan fingerprint density at radius 2 is 2.00 bits per heavy atom. The molecule has 2 atom stereocenters. The minimum atomic E-state index is -0.352. The first-order valence-corrected chi connectivity index (χ1v) is 9.33. The highest BCUT2D eigenvalue weighted by Crippen LogP contribution is 2.21. The second kappa shape index (κ2) is 10.3. The van der Waals surface area contributed by atoms with Gasteiger partial charge < -0.3 is 21.4 Å². The molecule has 148 valence electrons. The van der Waals surface area contributed by atoms with Crippen molar-refractivity contribution in [3.05, 3.63) is 35.4 Å². The Hall–Kier alpha value is -2.12. The van der Waals surface area contributed by atoms with Crippen LogP contribution in [0.1, 0.15) is 43.2 Å². The van der Waals surface area contributed by atoms with E-state index in [1.165, 1.54) is 0 Å². The van der Waals surface area contributed by atoms with Gasteiger partial charge in [0.1, 0.15) is 6.04 Å². The van der Waals surface area contributed by atoms with Crippen LogP contribution in [0.3, 0.4) is 0 Å². The molecule has 3 rings (SSSR count). The predicted octanol–water partition coefficient (Wildman–Crippen LogP) is 1.15. The molecule has 0 radical (unpaired) electrons. The summed E-state index contributed by atoms with van der Waals surface area (Å²) in [5.74, 6) is 5.14. The molecule has 8 heteroatoms. The lowest BCUT2D eigenvalue weighted by Crippen LogP contribution is -2.53. The van der Waals surface area contributed by atoms with Gasteiger partial charge in [0.2, 0.25) is 11.8 Å². The van der Waals surface area contributed by atoms with E-state index in [2.05, 4.69) is 15.7 Å². The number of hydrogen-bond acceptors (Lipinski definition) is 5. The largest absolute Gasteiger partial charge is 0.350 e. The Labute approximate surface area is 166 Å². The zero-order valence-electron chi connectivity index (χ0n) is 15.4. The Balaban J connectivity index is 0.00000261. The average molecular weight is 394 g/mol. The van der Waals surface area contributed by atoms with Gasteiger partial charge in [0, 0.05) is 13.1 Å². The number of carbonyl (C=O) groups excluding carboxylic acids is 2. The lowest BCUT2D eigenvalue weighted by atomic mass is 10.0. The lowest BCUT2D eigenvalue weighted by Gasteiger charge is -2.30. The van der Waals surface area contributed by atoms with Gasteiger partial charge in [-0.25, -0.2) is 0 Å². The number of rotatable bonds is 5. The van der Waals surface area contributed by atoms with Crippen molar-refractivity contribution in [2.75, 3.05) is 13.1 Å². The van der Waals surface area contributed by atoms with Crippen molar-refractivity contribution in [2.24, 2.45) is 10.9 Å². The van der Waals surface area contributed by atoms with Gasteiger partial charge in [-0.1, -0.05) is 30.7 Å². The summed E-state index contributed by atoms with van der Waals surface area (Å²) in [6, 6.07) is 7.18. The molecule has 2 fully saturated rings. The van der Waals surface area contributed by atoms with Gasteiger partial charge >= 0.3 is 0 Å². The van der Waals surface area contributed by atoms with E-state index in [0.29, 0.717) is 13.1 Å². The summed E-state index contributed by atoms with van der Waals surface area (Å²) < 4.78 is 0. The number of amides is 2. The molecular formula is C19H28ClN5O2. The van der Waals surface area contributed by atoms with E-state index < -0.39 is 0 Å². The van der Waals surface area contributed by atoms with Crippen molar-refractivity contribution in [1.82, 2.24) is 15.5 Å². The lowest BCUT2D eigenvalue weighted by molar-refractivity contribution is -0.140. The molecule has 7 nitrogen and oxygen atoms in total. The number of nitrogens with one attached hydrogen (secondary N) is 2. The van der Waals surface area contributed by atoms with Gasteiger partial charge in [-0.15, -0.1) is 12.4 Å². The number of halogens is 1. The fourth-order valence-corrected chi connectivity index (χ4v) is 3.68. The molecule has 2 aliphatic rings. The van der Waals surface area contributed by atoms with Gasteiger partial charge in [0.15, 0.2) is 0 Å². The third-order valence-electron chi connectivity index (χ3n) is 5.12. The summed E-state index contributed by atoms with van der Waals surface area (Å²) in [7, 11) is 0. The van der Waals surface area contributed by atoms with Crippen LogP contribution in [0.5, 0.6) is 0 Å². The highest BCUT2D eigenvalue weighted by Gasteiger charge is 2.37. The summed E-state index contributed by atoms with van der Waals surface area (Å²) in [5.41, 5.74) is 1.91. The molecule has 0 unspecified atom stereocenters. The molecule has 0 spiro atoms. The van der Waals surface area contributed by atoms with Crippen LogP contribution in [0.15, 0.2) is 29.4 Å². The number of nitrogens with two attached hydrogens (primary N) is 1. The first kappa shape index (κ1) is 21.2. The first-order valence-electron chi connectivity index (χ1n) is 9.33. The summed E-state index contributed by atoms with van der Waals surface area (Å²) in [6.07, 6.45) is 6.23. The molecular weight excluding hydrogens is 366 g/mol. The molecule has 0 aliphatic carbocycles. The van der Waals surface area contributed by atoms with Crippen LogP contribution in [0.25, 0.3) is 0 Å². The van der Waals surface area contributed by atoms with E-state index in [1.54, 1.807) is 11.1 Å². The molecule has 2 aliphatic heterocycles. The minimum absolute atomic E-state index is 0. The smallest absolute Gasteiger partial charge is 0.243 e. The average Bonchev–Trinajstić information content (AvgIpc) is 3.17. The van der Waals surface area contributed by atoms with E-state index in [0.717, 1.165) is 49.8 Å². The van der Waals surface area contributed by atoms with Crippen molar-refractivity contribution >= 4 is 30.4 Å². The topological polar surface area (TPSA) is 99.8 Å². The van der Waals surface area contributed by atoms with E-state index in [9.17, 15) is 9.59 Å². The molecule has 4 N–H and O–H groups in total. The van der Waals surface area contributed by atoms with Crippen LogP contribution in [0.2, 0.25) is 0 Å². The minimum Gasteiger partial charge on any atom is -0.350 e.